The highest BCUT2D eigenvalue weighted by atomic mass is 16.3. The Morgan fingerprint density at radius 2 is 1.42 bits per heavy atom. The minimum atomic E-state index is 0.140. The SMILES string of the molecule is Oc1ccc2c(c1)C[C@]1(CCc3cc(O)ccc3[C@H]1c1ccccc1)C2. The van der Waals surface area contributed by atoms with Crippen molar-refractivity contribution in [3.63, 3.8) is 0 Å². The highest BCUT2D eigenvalue weighted by Crippen LogP contribution is 2.56. The van der Waals surface area contributed by atoms with E-state index in [0.717, 1.165) is 25.7 Å². The second-order valence-electron chi connectivity index (χ2n) is 7.90. The molecule has 2 nitrogen and oxygen atoms in total. The van der Waals surface area contributed by atoms with Crippen LogP contribution in [0.25, 0.3) is 0 Å². The van der Waals surface area contributed by atoms with Gasteiger partial charge in [-0.3, -0.25) is 0 Å². The van der Waals surface area contributed by atoms with E-state index in [1.165, 1.54) is 27.8 Å². The van der Waals surface area contributed by atoms with Gasteiger partial charge in [0.05, 0.1) is 0 Å². The molecule has 3 aromatic carbocycles. The fourth-order valence-corrected chi connectivity index (χ4v) is 5.28. The van der Waals surface area contributed by atoms with E-state index in [1.807, 2.05) is 24.3 Å². The molecule has 0 fully saturated rings. The van der Waals surface area contributed by atoms with Crippen LogP contribution in [0.1, 0.15) is 40.2 Å². The summed E-state index contributed by atoms with van der Waals surface area (Å²) in [7, 11) is 0. The molecule has 2 N–H and O–H groups in total. The van der Waals surface area contributed by atoms with E-state index in [4.69, 9.17) is 0 Å². The first kappa shape index (κ1) is 15.5. The van der Waals surface area contributed by atoms with Gasteiger partial charge in [-0.05, 0) is 83.2 Å². The highest BCUT2D eigenvalue weighted by molar-refractivity contribution is 5.50. The Kier molecular flexibility index (Phi) is 3.36. The third-order valence-corrected chi connectivity index (χ3v) is 6.35. The first-order valence-electron chi connectivity index (χ1n) is 9.32. The van der Waals surface area contributed by atoms with Crippen molar-refractivity contribution >= 4 is 0 Å². The number of rotatable bonds is 1. The molecular formula is C24H22O2. The van der Waals surface area contributed by atoms with Crippen LogP contribution in [0.2, 0.25) is 0 Å². The lowest BCUT2D eigenvalue weighted by atomic mass is 9.60. The average molecular weight is 342 g/mol. The van der Waals surface area contributed by atoms with Crippen LogP contribution < -0.4 is 0 Å². The van der Waals surface area contributed by atoms with Crippen LogP contribution in [-0.2, 0) is 19.3 Å². The summed E-state index contributed by atoms with van der Waals surface area (Å²) >= 11 is 0. The van der Waals surface area contributed by atoms with E-state index in [2.05, 4.69) is 42.5 Å². The van der Waals surface area contributed by atoms with Crippen LogP contribution in [0.15, 0.2) is 66.7 Å². The molecule has 0 heterocycles. The summed E-state index contributed by atoms with van der Waals surface area (Å²) < 4.78 is 0. The van der Waals surface area contributed by atoms with Gasteiger partial charge >= 0.3 is 0 Å². The molecule has 0 bridgehead atoms. The average Bonchev–Trinajstić information content (AvgIpc) is 3.00. The number of fused-ring (bicyclic) bond motifs is 2. The molecule has 0 aromatic heterocycles. The van der Waals surface area contributed by atoms with Crippen molar-refractivity contribution in [2.24, 2.45) is 5.41 Å². The third kappa shape index (κ3) is 2.33. The quantitative estimate of drug-likeness (QED) is 0.656. The van der Waals surface area contributed by atoms with Crippen molar-refractivity contribution < 1.29 is 10.2 Å². The maximum Gasteiger partial charge on any atom is 0.115 e. The number of phenolic OH excluding ortho intramolecular Hbond substituents is 2. The number of benzene rings is 3. The molecule has 2 heteroatoms. The summed E-state index contributed by atoms with van der Waals surface area (Å²) in [6, 6.07) is 22.5. The first-order chi connectivity index (χ1) is 12.6. The van der Waals surface area contributed by atoms with Crippen molar-refractivity contribution in [2.75, 3.05) is 0 Å². The Morgan fingerprint density at radius 1 is 0.731 bits per heavy atom. The maximum absolute atomic E-state index is 9.95. The number of hydrogen-bond acceptors (Lipinski definition) is 2. The fourth-order valence-electron chi connectivity index (χ4n) is 5.28. The van der Waals surface area contributed by atoms with Gasteiger partial charge in [-0.25, -0.2) is 0 Å². The summed E-state index contributed by atoms with van der Waals surface area (Å²) in [5, 5.41) is 19.9. The normalized spacial score (nSPS) is 23.6. The van der Waals surface area contributed by atoms with Crippen molar-refractivity contribution in [3.05, 3.63) is 94.5 Å². The summed E-state index contributed by atoms with van der Waals surface area (Å²) in [6.07, 6.45) is 4.13. The monoisotopic (exact) mass is 342 g/mol. The van der Waals surface area contributed by atoms with Crippen LogP contribution >= 0.6 is 0 Å². The molecule has 5 rings (SSSR count). The van der Waals surface area contributed by atoms with Gasteiger partial charge in [0, 0.05) is 5.92 Å². The van der Waals surface area contributed by atoms with Crippen LogP contribution in [-0.4, -0.2) is 10.2 Å². The number of aromatic hydroxyl groups is 2. The Labute approximate surface area is 153 Å². The minimum Gasteiger partial charge on any atom is -0.508 e. The lowest BCUT2D eigenvalue weighted by Gasteiger charge is -2.43. The second kappa shape index (κ2) is 5.63. The molecule has 0 radical (unpaired) electrons. The van der Waals surface area contributed by atoms with Gasteiger partial charge < -0.3 is 10.2 Å². The molecule has 26 heavy (non-hydrogen) atoms. The molecule has 0 unspecified atom stereocenters. The lowest BCUT2D eigenvalue weighted by Crippen LogP contribution is -2.35. The van der Waals surface area contributed by atoms with Gasteiger partial charge in [-0.2, -0.15) is 0 Å². The Hall–Kier alpha value is -2.74. The Morgan fingerprint density at radius 3 is 2.23 bits per heavy atom. The van der Waals surface area contributed by atoms with Crippen molar-refractivity contribution in [1.82, 2.24) is 0 Å². The van der Waals surface area contributed by atoms with Gasteiger partial charge in [-0.1, -0.05) is 42.5 Å². The molecule has 0 amide bonds. The zero-order valence-electron chi connectivity index (χ0n) is 14.7. The predicted molar refractivity (Wildman–Crippen MR) is 103 cm³/mol. The van der Waals surface area contributed by atoms with E-state index >= 15 is 0 Å². The highest BCUT2D eigenvalue weighted by Gasteiger charge is 2.47. The summed E-state index contributed by atoms with van der Waals surface area (Å²) in [4.78, 5) is 0. The van der Waals surface area contributed by atoms with Crippen LogP contribution in [0.4, 0.5) is 0 Å². The van der Waals surface area contributed by atoms with Gasteiger partial charge in [-0.15, -0.1) is 0 Å². The van der Waals surface area contributed by atoms with Gasteiger partial charge in [0.2, 0.25) is 0 Å². The Bertz CT molecular complexity index is 977. The third-order valence-electron chi connectivity index (χ3n) is 6.35. The lowest BCUT2D eigenvalue weighted by molar-refractivity contribution is 0.225. The van der Waals surface area contributed by atoms with Crippen molar-refractivity contribution in [3.8, 4) is 11.5 Å². The molecule has 0 saturated carbocycles. The van der Waals surface area contributed by atoms with Crippen molar-refractivity contribution in [1.29, 1.82) is 0 Å². The predicted octanol–water partition coefficient (Wildman–Crippen LogP) is 4.96. The number of phenols is 2. The molecule has 2 aliphatic carbocycles. The molecule has 2 aliphatic rings. The summed E-state index contributed by atoms with van der Waals surface area (Å²) in [5.74, 6) is 1.02. The van der Waals surface area contributed by atoms with E-state index in [0.29, 0.717) is 17.4 Å². The maximum atomic E-state index is 9.95. The van der Waals surface area contributed by atoms with E-state index < -0.39 is 0 Å². The van der Waals surface area contributed by atoms with Crippen LogP contribution in [0.5, 0.6) is 11.5 Å². The summed E-state index contributed by atoms with van der Waals surface area (Å²) in [6.45, 7) is 0. The van der Waals surface area contributed by atoms with Crippen LogP contribution in [0.3, 0.4) is 0 Å². The number of aryl methyl sites for hydroxylation is 1. The van der Waals surface area contributed by atoms with Gasteiger partial charge in [0.15, 0.2) is 0 Å². The van der Waals surface area contributed by atoms with E-state index in [1.54, 1.807) is 0 Å². The fraction of sp³-hybridized carbons (Fsp3) is 0.250. The van der Waals surface area contributed by atoms with Gasteiger partial charge in [0.1, 0.15) is 11.5 Å². The first-order valence-corrected chi connectivity index (χ1v) is 9.32. The second-order valence-corrected chi connectivity index (χ2v) is 7.90. The molecular weight excluding hydrogens is 320 g/mol. The molecule has 0 aliphatic heterocycles. The molecule has 0 saturated heterocycles. The van der Waals surface area contributed by atoms with Crippen LogP contribution in [0, 0.1) is 5.41 Å². The Balaban J connectivity index is 1.67. The zero-order valence-corrected chi connectivity index (χ0v) is 14.7. The summed E-state index contributed by atoms with van der Waals surface area (Å²) in [5.41, 5.74) is 6.75. The standard InChI is InChI=1S/C24H22O2/c25-20-7-6-18-14-24(15-19(18)13-20)11-10-17-12-21(26)8-9-22(17)23(24)16-4-2-1-3-5-16/h1-9,12-13,23,25-26H,10-11,14-15H2/t23-,24+/m1/s1. The molecule has 2 atom stereocenters. The molecule has 3 aromatic rings. The van der Waals surface area contributed by atoms with E-state index in [9.17, 15) is 10.2 Å². The molecule has 1 spiro atoms. The topological polar surface area (TPSA) is 40.5 Å². The molecule has 130 valence electrons. The minimum absolute atomic E-state index is 0.140. The van der Waals surface area contributed by atoms with Crippen molar-refractivity contribution in [2.45, 2.75) is 31.6 Å². The zero-order chi connectivity index (χ0) is 17.7. The smallest absolute Gasteiger partial charge is 0.115 e. The largest absolute Gasteiger partial charge is 0.508 e. The van der Waals surface area contributed by atoms with Gasteiger partial charge in [0.25, 0.3) is 0 Å². The number of hydrogen-bond donors (Lipinski definition) is 2. The van der Waals surface area contributed by atoms with E-state index in [-0.39, 0.29) is 5.41 Å².